The van der Waals surface area contributed by atoms with E-state index < -0.39 is 6.04 Å². The number of ether oxygens (including phenoxy) is 1. The number of methoxy groups -OCH3 is 1. The van der Waals surface area contributed by atoms with E-state index in [-0.39, 0.29) is 17.7 Å². The summed E-state index contributed by atoms with van der Waals surface area (Å²) in [7, 11) is 1.56. The van der Waals surface area contributed by atoms with E-state index in [1.807, 2.05) is 6.07 Å². The Balaban J connectivity index is 1.93. The topological polar surface area (TPSA) is 80.3 Å². The number of rotatable bonds is 6. The maximum Gasteiger partial charge on any atom is 0.243 e. The average Bonchev–Trinajstić information content (AvgIpc) is 3.04. The van der Waals surface area contributed by atoms with Gasteiger partial charge in [0.1, 0.15) is 6.04 Å². The van der Waals surface area contributed by atoms with Crippen LogP contribution in [0.3, 0.4) is 0 Å². The second kappa shape index (κ2) is 7.77. The third-order valence-electron chi connectivity index (χ3n) is 3.99. The van der Waals surface area contributed by atoms with Gasteiger partial charge < -0.3 is 15.4 Å². The molecule has 1 fully saturated rings. The quantitative estimate of drug-likeness (QED) is 0.832. The molecule has 1 heterocycles. The first kappa shape index (κ1) is 16.3. The SMILES string of the molecule is COc1ccc(CNC(=O)C(NC(C)=O)C2CCCC2)cn1. The highest BCUT2D eigenvalue weighted by Gasteiger charge is 2.31. The third-order valence-corrected chi connectivity index (χ3v) is 3.99. The Hall–Kier alpha value is -2.11. The lowest BCUT2D eigenvalue weighted by Gasteiger charge is -2.23. The van der Waals surface area contributed by atoms with Gasteiger partial charge in [-0.1, -0.05) is 18.9 Å². The highest BCUT2D eigenvalue weighted by molar-refractivity contribution is 5.87. The Kier molecular flexibility index (Phi) is 5.75. The van der Waals surface area contributed by atoms with Crippen molar-refractivity contribution in [2.75, 3.05) is 7.11 Å². The smallest absolute Gasteiger partial charge is 0.243 e. The first-order valence-electron chi connectivity index (χ1n) is 7.64. The summed E-state index contributed by atoms with van der Waals surface area (Å²) in [6.45, 7) is 1.83. The molecule has 2 N–H and O–H groups in total. The minimum Gasteiger partial charge on any atom is -0.481 e. The van der Waals surface area contributed by atoms with Crippen LogP contribution in [0.4, 0.5) is 0 Å². The molecule has 1 aliphatic rings. The summed E-state index contributed by atoms with van der Waals surface area (Å²) in [5.41, 5.74) is 0.891. The fourth-order valence-electron chi connectivity index (χ4n) is 2.84. The maximum atomic E-state index is 12.4. The summed E-state index contributed by atoms with van der Waals surface area (Å²) in [5.74, 6) is 0.478. The van der Waals surface area contributed by atoms with E-state index in [1.165, 1.54) is 6.92 Å². The van der Waals surface area contributed by atoms with E-state index in [1.54, 1.807) is 19.4 Å². The van der Waals surface area contributed by atoms with Crippen LogP contribution >= 0.6 is 0 Å². The molecule has 1 aromatic heterocycles. The van der Waals surface area contributed by atoms with Gasteiger partial charge in [0.05, 0.1) is 7.11 Å². The summed E-state index contributed by atoms with van der Waals surface area (Å²) in [6.07, 6.45) is 5.89. The Morgan fingerprint density at radius 2 is 2.09 bits per heavy atom. The monoisotopic (exact) mass is 305 g/mol. The number of pyridine rings is 1. The maximum absolute atomic E-state index is 12.4. The van der Waals surface area contributed by atoms with E-state index in [0.717, 1.165) is 31.2 Å². The number of nitrogens with one attached hydrogen (secondary N) is 2. The van der Waals surface area contributed by atoms with Crippen molar-refractivity contribution in [3.8, 4) is 5.88 Å². The number of carbonyl (C=O) groups excluding carboxylic acids is 2. The molecule has 2 rings (SSSR count). The number of aromatic nitrogens is 1. The molecule has 0 saturated heterocycles. The van der Waals surface area contributed by atoms with Crippen LogP contribution in [-0.4, -0.2) is 29.9 Å². The molecule has 1 aliphatic carbocycles. The zero-order valence-corrected chi connectivity index (χ0v) is 13.1. The van der Waals surface area contributed by atoms with Crippen LogP contribution in [-0.2, 0) is 16.1 Å². The standard InChI is InChI=1S/C16H23N3O3/c1-11(20)19-15(13-5-3-4-6-13)16(21)18-10-12-7-8-14(22-2)17-9-12/h7-9,13,15H,3-6,10H2,1-2H3,(H,18,21)(H,19,20). The Bertz CT molecular complexity index is 510. The predicted molar refractivity (Wildman–Crippen MR) is 82.2 cm³/mol. The molecule has 0 bridgehead atoms. The van der Waals surface area contributed by atoms with E-state index in [4.69, 9.17) is 4.74 Å². The molecule has 0 spiro atoms. The molecule has 1 atom stereocenters. The minimum atomic E-state index is -0.439. The molecule has 22 heavy (non-hydrogen) atoms. The van der Waals surface area contributed by atoms with Crippen LogP contribution < -0.4 is 15.4 Å². The molecule has 0 radical (unpaired) electrons. The number of hydrogen-bond acceptors (Lipinski definition) is 4. The van der Waals surface area contributed by atoms with Gasteiger partial charge in [0.25, 0.3) is 0 Å². The number of hydrogen-bond donors (Lipinski definition) is 2. The van der Waals surface area contributed by atoms with Gasteiger partial charge in [-0.25, -0.2) is 4.98 Å². The summed E-state index contributed by atoms with van der Waals surface area (Å²) >= 11 is 0. The number of nitrogens with zero attached hydrogens (tertiary/aromatic N) is 1. The lowest BCUT2D eigenvalue weighted by Crippen LogP contribution is -2.49. The second-order valence-corrected chi connectivity index (χ2v) is 5.65. The molecule has 2 amide bonds. The second-order valence-electron chi connectivity index (χ2n) is 5.65. The molecule has 6 nitrogen and oxygen atoms in total. The summed E-state index contributed by atoms with van der Waals surface area (Å²) in [5, 5.41) is 5.67. The molecule has 1 aromatic rings. The molecule has 0 aliphatic heterocycles. The summed E-state index contributed by atoms with van der Waals surface area (Å²) < 4.78 is 5.00. The van der Waals surface area contributed by atoms with Gasteiger partial charge in [0.15, 0.2) is 0 Å². The first-order valence-corrected chi connectivity index (χ1v) is 7.64. The van der Waals surface area contributed by atoms with Gasteiger partial charge in [-0.3, -0.25) is 9.59 Å². The zero-order valence-electron chi connectivity index (χ0n) is 13.1. The normalized spacial score (nSPS) is 16.1. The van der Waals surface area contributed by atoms with Crippen molar-refractivity contribution in [3.63, 3.8) is 0 Å². The fraction of sp³-hybridized carbons (Fsp3) is 0.562. The predicted octanol–water partition coefficient (Wildman–Crippen LogP) is 1.40. The van der Waals surface area contributed by atoms with E-state index >= 15 is 0 Å². The van der Waals surface area contributed by atoms with Gasteiger partial charge in [-0.05, 0) is 24.3 Å². The van der Waals surface area contributed by atoms with Crippen molar-refractivity contribution in [1.82, 2.24) is 15.6 Å². The Morgan fingerprint density at radius 3 is 2.64 bits per heavy atom. The van der Waals surface area contributed by atoms with Crippen molar-refractivity contribution in [3.05, 3.63) is 23.9 Å². The molecule has 120 valence electrons. The molecular formula is C16H23N3O3. The molecular weight excluding hydrogens is 282 g/mol. The summed E-state index contributed by atoms with van der Waals surface area (Å²) in [6, 6.07) is 3.17. The van der Waals surface area contributed by atoms with Gasteiger partial charge >= 0.3 is 0 Å². The van der Waals surface area contributed by atoms with Gasteiger partial charge in [0.2, 0.25) is 17.7 Å². The molecule has 0 aromatic carbocycles. The first-order chi connectivity index (χ1) is 10.6. The Labute approximate surface area is 130 Å². The van der Waals surface area contributed by atoms with Gasteiger partial charge in [-0.15, -0.1) is 0 Å². The lowest BCUT2D eigenvalue weighted by molar-refractivity contribution is -0.129. The largest absolute Gasteiger partial charge is 0.481 e. The minimum absolute atomic E-state index is 0.127. The lowest BCUT2D eigenvalue weighted by atomic mass is 9.97. The van der Waals surface area contributed by atoms with Gasteiger partial charge in [-0.2, -0.15) is 0 Å². The zero-order chi connectivity index (χ0) is 15.9. The molecule has 1 unspecified atom stereocenters. The van der Waals surface area contributed by atoms with Crippen LogP contribution in [0.15, 0.2) is 18.3 Å². The van der Waals surface area contributed by atoms with Crippen LogP contribution in [0.2, 0.25) is 0 Å². The van der Waals surface area contributed by atoms with Crippen molar-refractivity contribution in [2.45, 2.75) is 45.2 Å². The fourth-order valence-corrected chi connectivity index (χ4v) is 2.84. The van der Waals surface area contributed by atoms with E-state index in [2.05, 4.69) is 15.6 Å². The van der Waals surface area contributed by atoms with Crippen LogP contribution in [0.25, 0.3) is 0 Å². The van der Waals surface area contributed by atoms with Crippen molar-refractivity contribution < 1.29 is 14.3 Å². The Morgan fingerprint density at radius 1 is 1.36 bits per heavy atom. The highest BCUT2D eigenvalue weighted by Crippen LogP contribution is 2.27. The van der Waals surface area contributed by atoms with Crippen LogP contribution in [0, 0.1) is 5.92 Å². The molecule has 1 saturated carbocycles. The van der Waals surface area contributed by atoms with Crippen molar-refractivity contribution in [1.29, 1.82) is 0 Å². The molecule has 6 heteroatoms. The van der Waals surface area contributed by atoms with Crippen molar-refractivity contribution >= 4 is 11.8 Å². The van der Waals surface area contributed by atoms with Crippen LogP contribution in [0.1, 0.15) is 38.2 Å². The van der Waals surface area contributed by atoms with Crippen LogP contribution in [0.5, 0.6) is 5.88 Å². The van der Waals surface area contributed by atoms with E-state index in [0.29, 0.717) is 12.4 Å². The van der Waals surface area contributed by atoms with Crippen molar-refractivity contribution in [2.24, 2.45) is 5.92 Å². The summed E-state index contributed by atoms with van der Waals surface area (Å²) in [4.78, 5) is 27.8. The number of carbonyl (C=O) groups is 2. The van der Waals surface area contributed by atoms with E-state index in [9.17, 15) is 9.59 Å². The average molecular weight is 305 g/mol. The third kappa shape index (κ3) is 4.44. The van der Waals surface area contributed by atoms with Gasteiger partial charge in [0, 0.05) is 25.7 Å². The number of amides is 2. The highest BCUT2D eigenvalue weighted by atomic mass is 16.5.